The van der Waals surface area contributed by atoms with Gasteiger partial charge in [-0.3, -0.25) is 9.59 Å². The van der Waals surface area contributed by atoms with Crippen molar-refractivity contribution in [3.63, 3.8) is 0 Å². The SMILES string of the molecule is C/C=C(\C=C/CC)C(=O)c1cccc(C(=O)C2=CC=C(C)CC2)c1. The Morgan fingerprint density at radius 1 is 1.12 bits per heavy atom. The van der Waals surface area contributed by atoms with Gasteiger partial charge in [-0.1, -0.05) is 61.1 Å². The first-order chi connectivity index (χ1) is 11.6. The van der Waals surface area contributed by atoms with Crippen LogP contribution in [0, 0.1) is 0 Å². The topological polar surface area (TPSA) is 34.1 Å². The van der Waals surface area contributed by atoms with Gasteiger partial charge in [-0.25, -0.2) is 0 Å². The quantitative estimate of drug-likeness (QED) is 0.386. The Balaban J connectivity index is 2.27. The smallest absolute Gasteiger partial charge is 0.192 e. The van der Waals surface area contributed by atoms with E-state index in [1.165, 1.54) is 5.57 Å². The fourth-order valence-corrected chi connectivity index (χ4v) is 2.63. The molecule has 124 valence electrons. The highest BCUT2D eigenvalue weighted by Crippen LogP contribution is 2.22. The molecule has 1 aromatic carbocycles. The normalized spacial score (nSPS) is 15.2. The minimum absolute atomic E-state index is 0.0135. The summed E-state index contributed by atoms with van der Waals surface area (Å²) >= 11 is 0. The van der Waals surface area contributed by atoms with E-state index < -0.39 is 0 Å². The number of benzene rings is 1. The highest BCUT2D eigenvalue weighted by molar-refractivity contribution is 6.13. The Hall–Kier alpha value is -2.48. The third-order valence-electron chi connectivity index (χ3n) is 4.14. The van der Waals surface area contributed by atoms with Crippen LogP contribution in [0.4, 0.5) is 0 Å². The fraction of sp³-hybridized carbons (Fsp3) is 0.273. The summed E-state index contributed by atoms with van der Waals surface area (Å²) in [4.78, 5) is 25.3. The second-order valence-electron chi connectivity index (χ2n) is 6.00. The van der Waals surface area contributed by atoms with Crippen molar-refractivity contribution in [2.45, 2.75) is 40.0 Å². The highest BCUT2D eigenvalue weighted by Gasteiger charge is 2.16. The zero-order valence-electron chi connectivity index (χ0n) is 14.6. The van der Waals surface area contributed by atoms with E-state index in [9.17, 15) is 9.59 Å². The van der Waals surface area contributed by atoms with Crippen molar-refractivity contribution in [3.05, 3.63) is 82.5 Å². The molecule has 0 aliphatic heterocycles. The zero-order valence-corrected chi connectivity index (χ0v) is 14.6. The van der Waals surface area contributed by atoms with Crippen LogP contribution in [0.25, 0.3) is 0 Å². The van der Waals surface area contributed by atoms with Crippen molar-refractivity contribution in [2.75, 3.05) is 0 Å². The lowest BCUT2D eigenvalue weighted by Gasteiger charge is -2.12. The van der Waals surface area contributed by atoms with E-state index in [4.69, 9.17) is 0 Å². The number of ketones is 2. The molecule has 1 aromatic rings. The Bertz CT molecular complexity index is 758. The molecule has 0 spiro atoms. The molecular formula is C22H24O2. The summed E-state index contributed by atoms with van der Waals surface area (Å²) in [7, 11) is 0. The van der Waals surface area contributed by atoms with E-state index >= 15 is 0 Å². The summed E-state index contributed by atoms with van der Waals surface area (Å²) in [5.41, 5.74) is 3.88. The van der Waals surface area contributed by atoms with Crippen LogP contribution < -0.4 is 0 Å². The second-order valence-corrected chi connectivity index (χ2v) is 6.00. The van der Waals surface area contributed by atoms with Crippen LogP contribution in [0.2, 0.25) is 0 Å². The molecule has 0 saturated heterocycles. The number of carbonyl (C=O) groups excluding carboxylic acids is 2. The molecular weight excluding hydrogens is 296 g/mol. The van der Waals surface area contributed by atoms with Gasteiger partial charge in [-0.05, 0) is 39.2 Å². The summed E-state index contributed by atoms with van der Waals surface area (Å²) in [6.45, 7) is 5.95. The van der Waals surface area contributed by atoms with Gasteiger partial charge in [0.2, 0.25) is 0 Å². The Labute approximate surface area is 144 Å². The van der Waals surface area contributed by atoms with Gasteiger partial charge in [-0.15, -0.1) is 0 Å². The number of rotatable bonds is 6. The van der Waals surface area contributed by atoms with Crippen LogP contribution in [0.15, 0.2) is 71.4 Å². The van der Waals surface area contributed by atoms with Gasteiger partial charge < -0.3 is 0 Å². The highest BCUT2D eigenvalue weighted by atomic mass is 16.1. The van der Waals surface area contributed by atoms with Crippen molar-refractivity contribution in [1.29, 1.82) is 0 Å². The van der Waals surface area contributed by atoms with Crippen LogP contribution in [0.1, 0.15) is 60.7 Å². The zero-order chi connectivity index (χ0) is 17.5. The molecule has 0 radical (unpaired) electrons. The van der Waals surface area contributed by atoms with Gasteiger partial charge in [-0.2, -0.15) is 0 Å². The number of carbonyl (C=O) groups is 2. The molecule has 1 aliphatic carbocycles. The standard InChI is InChI=1S/C22H24O2/c1-4-6-8-17(5-2)21(23)19-9-7-10-20(15-19)22(24)18-13-11-16(3)12-14-18/h5-11,13,15H,4,12,14H2,1-3H3/b8-6-,17-5+. The lowest BCUT2D eigenvalue weighted by atomic mass is 9.92. The summed E-state index contributed by atoms with van der Waals surface area (Å²) < 4.78 is 0. The first kappa shape index (κ1) is 17.9. The van der Waals surface area contributed by atoms with Crippen LogP contribution >= 0.6 is 0 Å². The maximum atomic E-state index is 12.7. The van der Waals surface area contributed by atoms with Crippen LogP contribution in [-0.4, -0.2) is 11.6 Å². The molecule has 2 nitrogen and oxygen atoms in total. The molecule has 1 aliphatic rings. The number of Topliss-reactive ketones (excluding diaryl/α,β-unsaturated/α-hetero) is 2. The number of hydrogen-bond donors (Lipinski definition) is 0. The van der Waals surface area contributed by atoms with Crippen LogP contribution in [0.5, 0.6) is 0 Å². The molecule has 0 aromatic heterocycles. The molecule has 0 heterocycles. The largest absolute Gasteiger partial charge is 0.289 e. The minimum atomic E-state index is -0.0507. The average Bonchev–Trinajstić information content (AvgIpc) is 2.62. The van der Waals surface area contributed by atoms with E-state index in [0.29, 0.717) is 16.7 Å². The summed E-state index contributed by atoms with van der Waals surface area (Å²) in [5.74, 6) is -0.0373. The summed E-state index contributed by atoms with van der Waals surface area (Å²) in [6.07, 6.45) is 12.1. The van der Waals surface area contributed by atoms with Gasteiger partial charge in [0.25, 0.3) is 0 Å². The number of hydrogen-bond acceptors (Lipinski definition) is 2. The predicted molar refractivity (Wildman–Crippen MR) is 99.4 cm³/mol. The minimum Gasteiger partial charge on any atom is -0.289 e. The lowest BCUT2D eigenvalue weighted by molar-refractivity contribution is 0.103. The maximum Gasteiger partial charge on any atom is 0.192 e. The van der Waals surface area contributed by atoms with Crippen LogP contribution in [0.3, 0.4) is 0 Å². The average molecular weight is 320 g/mol. The predicted octanol–water partition coefficient (Wildman–Crippen LogP) is 5.63. The first-order valence-corrected chi connectivity index (χ1v) is 8.45. The Morgan fingerprint density at radius 2 is 1.88 bits per heavy atom. The first-order valence-electron chi connectivity index (χ1n) is 8.45. The Morgan fingerprint density at radius 3 is 2.50 bits per heavy atom. The molecule has 0 N–H and O–H groups in total. The van der Waals surface area contributed by atoms with Gasteiger partial charge in [0.1, 0.15) is 0 Å². The van der Waals surface area contributed by atoms with Gasteiger partial charge >= 0.3 is 0 Å². The number of allylic oxidation sites excluding steroid dienone is 8. The molecule has 2 heteroatoms. The molecule has 24 heavy (non-hydrogen) atoms. The van der Waals surface area contributed by atoms with E-state index in [1.807, 2.05) is 38.2 Å². The molecule has 0 amide bonds. The van der Waals surface area contributed by atoms with Crippen molar-refractivity contribution >= 4 is 11.6 Å². The molecule has 0 atom stereocenters. The van der Waals surface area contributed by atoms with Crippen molar-refractivity contribution in [3.8, 4) is 0 Å². The van der Waals surface area contributed by atoms with Crippen molar-refractivity contribution < 1.29 is 9.59 Å². The monoisotopic (exact) mass is 320 g/mol. The van der Waals surface area contributed by atoms with E-state index in [1.54, 1.807) is 30.3 Å². The van der Waals surface area contributed by atoms with Crippen molar-refractivity contribution in [2.24, 2.45) is 0 Å². The van der Waals surface area contributed by atoms with Crippen LogP contribution in [-0.2, 0) is 0 Å². The molecule has 0 bridgehead atoms. The van der Waals surface area contributed by atoms with E-state index in [0.717, 1.165) is 24.8 Å². The summed E-state index contributed by atoms with van der Waals surface area (Å²) in [6, 6.07) is 7.03. The lowest BCUT2D eigenvalue weighted by Crippen LogP contribution is -2.08. The van der Waals surface area contributed by atoms with Gasteiger partial charge in [0.05, 0.1) is 0 Å². The molecule has 0 fully saturated rings. The molecule has 0 saturated carbocycles. The summed E-state index contributed by atoms with van der Waals surface area (Å²) in [5, 5.41) is 0. The van der Waals surface area contributed by atoms with Gasteiger partial charge in [0, 0.05) is 22.3 Å². The molecule has 0 unspecified atom stereocenters. The third kappa shape index (κ3) is 4.29. The second kappa shape index (κ2) is 8.39. The Kier molecular flexibility index (Phi) is 6.25. The van der Waals surface area contributed by atoms with Gasteiger partial charge in [0.15, 0.2) is 11.6 Å². The third-order valence-corrected chi connectivity index (χ3v) is 4.14. The van der Waals surface area contributed by atoms with E-state index in [-0.39, 0.29) is 11.6 Å². The molecule has 2 rings (SSSR count). The fourth-order valence-electron chi connectivity index (χ4n) is 2.63. The maximum absolute atomic E-state index is 12.7. The van der Waals surface area contributed by atoms with Crippen molar-refractivity contribution in [1.82, 2.24) is 0 Å². The van der Waals surface area contributed by atoms with E-state index in [2.05, 4.69) is 6.92 Å².